The van der Waals surface area contributed by atoms with Crippen molar-refractivity contribution in [3.63, 3.8) is 0 Å². The van der Waals surface area contributed by atoms with Crippen LogP contribution in [0.15, 0.2) is 12.4 Å². The minimum absolute atomic E-state index is 0.0484. The van der Waals surface area contributed by atoms with Gasteiger partial charge in [-0.15, -0.1) is 5.10 Å². The molecule has 0 unspecified atom stereocenters. The Morgan fingerprint density at radius 1 is 1.57 bits per heavy atom. The van der Waals surface area contributed by atoms with Crippen molar-refractivity contribution in [1.82, 2.24) is 14.6 Å². The number of amides is 1. The molecule has 0 spiro atoms. The highest BCUT2D eigenvalue weighted by Crippen LogP contribution is 2.16. The van der Waals surface area contributed by atoms with Gasteiger partial charge in [0, 0.05) is 6.20 Å². The average molecular weight is 212 g/mol. The molecule has 7 heteroatoms. The molecule has 0 saturated heterocycles. The monoisotopic (exact) mass is 211 g/mol. The summed E-state index contributed by atoms with van der Waals surface area (Å²) in [5.74, 6) is -0.611. The number of hydrogen-bond acceptors (Lipinski definition) is 4. The minimum atomic E-state index is -0.660. The van der Waals surface area contributed by atoms with Crippen LogP contribution in [-0.4, -0.2) is 20.5 Å². The summed E-state index contributed by atoms with van der Waals surface area (Å²) >= 11 is 5.68. The van der Waals surface area contributed by atoms with E-state index in [0.717, 1.165) is 0 Å². The normalized spacial score (nSPS) is 10.6. The summed E-state index contributed by atoms with van der Waals surface area (Å²) in [5.41, 5.74) is 11.0. The SMILES string of the molecule is NC(=O)c1c(N)nn2cc(Cl)cnc12. The van der Waals surface area contributed by atoms with E-state index < -0.39 is 5.91 Å². The molecule has 0 radical (unpaired) electrons. The highest BCUT2D eigenvalue weighted by molar-refractivity contribution is 6.30. The standard InChI is InChI=1S/C7H6ClN5O/c8-3-1-11-7-4(6(10)14)5(9)12-13(7)2-3/h1-2H,(H2,9,12)(H2,10,14). The summed E-state index contributed by atoms with van der Waals surface area (Å²) in [6, 6.07) is 0. The fraction of sp³-hybridized carbons (Fsp3) is 0. The Morgan fingerprint density at radius 2 is 2.29 bits per heavy atom. The molecule has 2 aromatic heterocycles. The maximum atomic E-state index is 11.0. The fourth-order valence-electron chi connectivity index (χ4n) is 1.17. The third kappa shape index (κ3) is 1.16. The van der Waals surface area contributed by atoms with Crippen LogP contribution in [0.3, 0.4) is 0 Å². The lowest BCUT2D eigenvalue weighted by atomic mass is 10.3. The van der Waals surface area contributed by atoms with E-state index in [1.807, 2.05) is 0 Å². The molecule has 0 saturated carbocycles. The summed E-state index contributed by atoms with van der Waals surface area (Å²) in [6.07, 6.45) is 2.89. The summed E-state index contributed by atoms with van der Waals surface area (Å²) in [6.45, 7) is 0. The molecule has 0 atom stereocenters. The van der Waals surface area contributed by atoms with Crippen molar-refractivity contribution in [2.24, 2.45) is 5.73 Å². The van der Waals surface area contributed by atoms with Gasteiger partial charge < -0.3 is 11.5 Å². The van der Waals surface area contributed by atoms with Crippen molar-refractivity contribution in [3.8, 4) is 0 Å². The first-order valence-electron chi connectivity index (χ1n) is 3.69. The number of nitrogen functional groups attached to an aromatic ring is 1. The largest absolute Gasteiger partial charge is 0.381 e. The third-order valence-corrected chi connectivity index (χ3v) is 1.91. The van der Waals surface area contributed by atoms with Gasteiger partial charge in [0.05, 0.1) is 11.2 Å². The number of nitrogens with zero attached hydrogens (tertiary/aromatic N) is 3. The van der Waals surface area contributed by atoms with E-state index >= 15 is 0 Å². The minimum Gasteiger partial charge on any atom is -0.381 e. The van der Waals surface area contributed by atoms with Crippen LogP contribution >= 0.6 is 11.6 Å². The van der Waals surface area contributed by atoms with Gasteiger partial charge in [-0.2, -0.15) is 0 Å². The Labute approximate surface area is 83.5 Å². The second-order valence-electron chi connectivity index (χ2n) is 2.66. The van der Waals surface area contributed by atoms with Crippen LogP contribution in [-0.2, 0) is 0 Å². The molecule has 0 aliphatic rings. The van der Waals surface area contributed by atoms with E-state index in [0.29, 0.717) is 10.7 Å². The molecule has 4 N–H and O–H groups in total. The summed E-state index contributed by atoms with van der Waals surface area (Å²) in [7, 11) is 0. The zero-order chi connectivity index (χ0) is 10.3. The number of rotatable bonds is 1. The van der Waals surface area contributed by atoms with Gasteiger partial charge in [0.1, 0.15) is 5.56 Å². The second kappa shape index (κ2) is 2.85. The van der Waals surface area contributed by atoms with Crippen molar-refractivity contribution in [3.05, 3.63) is 23.0 Å². The Kier molecular flexibility index (Phi) is 1.78. The Hall–Kier alpha value is -1.82. The van der Waals surface area contributed by atoms with Crippen LogP contribution in [0.4, 0.5) is 5.82 Å². The summed E-state index contributed by atoms with van der Waals surface area (Å²) in [5, 5.41) is 4.24. The highest BCUT2D eigenvalue weighted by atomic mass is 35.5. The molecule has 0 aliphatic carbocycles. The third-order valence-electron chi connectivity index (χ3n) is 1.71. The molecule has 72 valence electrons. The predicted octanol–water partition coefficient (Wildman–Crippen LogP) is 0.0638. The Morgan fingerprint density at radius 3 is 2.93 bits per heavy atom. The molecule has 0 aromatic carbocycles. The number of aromatic nitrogens is 3. The van der Waals surface area contributed by atoms with Crippen molar-refractivity contribution in [2.45, 2.75) is 0 Å². The Balaban J connectivity index is 2.84. The van der Waals surface area contributed by atoms with Gasteiger partial charge in [-0.3, -0.25) is 4.79 Å². The van der Waals surface area contributed by atoms with Crippen molar-refractivity contribution < 1.29 is 4.79 Å². The van der Waals surface area contributed by atoms with E-state index in [2.05, 4.69) is 10.1 Å². The van der Waals surface area contributed by atoms with Crippen molar-refractivity contribution >= 4 is 29.0 Å². The van der Waals surface area contributed by atoms with Gasteiger partial charge in [0.2, 0.25) is 0 Å². The van der Waals surface area contributed by atoms with Gasteiger partial charge in [-0.25, -0.2) is 9.50 Å². The van der Waals surface area contributed by atoms with E-state index in [9.17, 15) is 4.79 Å². The van der Waals surface area contributed by atoms with Gasteiger partial charge >= 0.3 is 0 Å². The molecule has 0 bridgehead atoms. The predicted molar refractivity (Wildman–Crippen MR) is 50.9 cm³/mol. The number of hydrogen-bond donors (Lipinski definition) is 2. The molecule has 14 heavy (non-hydrogen) atoms. The first-order valence-corrected chi connectivity index (χ1v) is 4.06. The molecule has 2 rings (SSSR count). The van der Waals surface area contributed by atoms with Crippen LogP contribution in [0.2, 0.25) is 5.02 Å². The topological polar surface area (TPSA) is 99.3 Å². The van der Waals surface area contributed by atoms with Crippen LogP contribution in [0.25, 0.3) is 5.65 Å². The number of primary amides is 1. The maximum absolute atomic E-state index is 11.0. The number of anilines is 1. The molecular weight excluding hydrogens is 206 g/mol. The van der Waals surface area contributed by atoms with Crippen LogP contribution < -0.4 is 11.5 Å². The second-order valence-corrected chi connectivity index (χ2v) is 3.10. The van der Waals surface area contributed by atoms with Gasteiger partial charge in [-0.1, -0.05) is 11.6 Å². The van der Waals surface area contributed by atoms with E-state index in [4.69, 9.17) is 23.1 Å². The Bertz CT molecular complexity index is 520. The summed E-state index contributed by atoms with van der Waals surface area (Å²) < 4.78 is 1.32. The van der Waals surface area contributed by atoms with Gasteiger partial charge in [-0.05, 0) is 0 Å². The fourth-order valence-corrected chi connectivity index (χ4v) is 1.31. The molecule has 6 nitrogen and oxygen atoms in total. The first-order chi connectivity index (χ1) is 6.59. The lowest BCUT2D eigenvalue weighted by Gasteiger charge is -1.93. The van der Waals surface area contributed by atoms with E-state index in [1.165, 1.54) is 16.9 Å². The van der Waals surface area contributed by atoms with Crippen molar-refractivity contribution in [2.75, 3.05) is 5.73 Å². The number of fused-ring (bicyclic) bond motifs is 1. The molecule has 2 heterocycles. The molecule has 2 aromatic rings. The lowest BCUT2D eigenvalue weighted by Crippen LogP contribution is -2.12. The molecule has 1 amide bonds. The zero-order valence-corrected chi connectivity index (χ0v) is 7.69. The lowest BCUT2D eigenvalue weighted by molar-refractivity contribution is 0.100. The number of halogens is 1. The maximum Gasteiger partial charge on any atom is 0.256 e. The number of carbonyl (C=O) groups is 1. The van der Waals surface area contributed by atoms with Crippen LogP contribution in [0.5, 0.6) is 0 Å². The number of carbonyl (C=O) groups excluding carboxylic acids is 1. The highest BCUT2D eigenvalue weighted by Gasteiger charge is 2.16. The van der Waals surface area contributed by atoms with Crippen LogP contribution in [0, 0.1) is 0 Å². The molecular formula is C7H6ClN5O. The quantitative estimate of drug-likeness (QED) is 0.697. The first kappa shape index (κ1) is 8.76. The van der Waals surface area contributed by atoms with Crippen molar-refractivity contribution in [1.29, 1.82) is 0 Å². The average Bonchev–Trinajstić information content (AvgIpc) is 2.39. The molecule has 0 aliphatic heterocycles. The van der Waals surface area contributed by atoms with E-state index in [1.54, 1.807) is 0 Å². The van der Waals surface area contributed by atoms with Gasteiger partial charge in [0.25, 0.3) is 5.91 Å². The summed E-state index contributed by atoms with van der Waals surface area (Å²) in [4.78, 5) is 14.9. The smallest absolute Gasteiger partial charge is 0.256 e. The number of nitrogens with two attached hydrogens (primary N) is 2. The van der Waals surface area contributed by atoms with Gasteiger partial charge in [0.15, 0.2) is 11.5 Å². The van der Waals surface area contributed by atoms with Crippen LogP contribution in [0.1, 0.15) is 10.4 Å². The zero-order valence-electron chi connectivity index (χ0n) is 6.94. The van der Waals surface area contributed by atoms with E-state index in [-0.39, 0.29) is 11.4 Å². The molecule has 0 fully saturated rings.